The van der Waals surface area contributed by atoms with E-state index in [1.165, 1.54) is 24.5 Å². The third-order valence-corrected chi connectivity index (χ3v) is 2.48. The molecule has 0 spiro atoms. The van der Waals surface area contributed by atoms with Crippen LogP contribution in [0.25, 0.3) is 0 Å². The summed E-state index contributed by atoms with van der Waals surface area (Å²) in [6.07, 6.45) is 2.91. The Morgan fingerprint density at radius 3 is 2.89 bits per heavy atom. The molecule has 0 saturated heterocycles. The molecule has 0 bridgehead atoms. The van der Waals surface area contributed by atoms with Gasteiger partial charge in [0.15, 0.2) is 0 Å². The standard InChI is InChI=1S/C10H7ClN4O3/c11-8-2-1-6(3-9(8)15(17)18)10(16)14-7-4-12-13-5-7/h1-5H,(H,12,13)(H,14,16). The summed E-state index contributed by atoms with van der Waals surface area (Å²) in [7, 11) is 0. The van der Waals surface area contributed by atoms with Crippen molar-refractivity contribution in [1.29, 1.82) is 0 Å². The second kappa shape index (κ2) is 4.84. The molecule has 18 heavy (non-hydrogen) atoms. The van der Waals surface area contributed by atoms with Crippen molar-refractivity contribution in [3.63, 3.8) is 0 Å². The molecule has 0 unspecified atom stereocenters. The van der Waals surface area contributed by atoms with E-state index < -0.39 is 10.8 Å². The van der Waals surface area contributed by atoms with Crippen molar-refractivity contribution in [3.8, 4) is 0 Å². The summed E-state index contributed by atoms with van der Waals surface area (Å²) in [6.45, 7) is 0. The van der Waals surface area contributed by atoms with E-state index >= 15 is 0 Å². The number of benzene rings is 1. The van der Waals surface area contributed by atoms with E-state index in [9.17, 15) is 14.9 Å². The highest BCUT2D eigenvalue weighted by Crippen LogP contribution is 2.25. The van der Waals surface area contributed by atoms with Crippen molar-refractivity contribution >= 4 is 28.9 Å². The van der Waals surface area contributed by atoms with E-state index in [-0.39, 0.29) is 16.3 Å². The summed E-state index contributed by atoms with van der Waals surface area (Å²) in [6, 6.07) is 3.84. The van der Waals surface area contributed by atoms with E-state index in [2.05, 4.69) is 15.5 Å². The number of aromatic amines is 1. The Bertz CT molecular complexity index is 597. The van der Waals surface area contributed by atoms with Crippen molar-refractivity contribution in [2.24, 2.45) is 0 Å². The molecule has 2 rings (SSSR count). The molecule has 2 aromatic rings. The number of aromatic nitrogens is 2. The van der Waals surface area contributed by atoms with Crippen molar-refractivity contribution < 1.29 is 9.72 Å². The fourth-order valence-electron chi connectivity index (χ4n) is 1.32. The molecule has 2 N–H and O–H groups in total. The Morgan fingerprint density at radius 2 is 2.28 bits per heavy atom. The molecule has 0 fully saturated rings. The zero-order chi connectivity index (χ0) is 13.1. The van der Waals surface area contributed by atoms with Crippen molar-refractivity contribution in [2.45, 2.75) is 0 Å². The third kappa shape index (κ3) is 2.46. The topological polar surface area (TPSA) is 101 Å². The molecule has 0 aliphatic heterocycles. The van der Waals surface area contributed by atoms with Gasteiger partial charge in [-0.25, -0.2) is 0 Å². The first-order valence-corrected chi connectivity index (χ1v) is 5.20. The molecule has 0 atom stereocenters. The number of hydrogen-bond donors (Lipinski definition) is 2. The molecule has 92 valence electrons. The van der Waals surface area contributed by atoms with Crippen molar-refractivity contribution in [3.05, 3.63) is 51.3 Å². The number of halogens is 1. The minimum atomic E-state index is -0.642. The second-order valence-corrected chi connectivity index (χ2v) is 3.77. The number of anilines is 1. The highest BCUT2D eigenvalue weighted by molar-refractivity contribution is 6.32. The van der Waals surface area contributed by atoms with E-state index in [1.54, 1.807) is 0 Å². The Morgan fingerprint density at radius 1 is 1.50 bits per heavy atom. The van der Waals surface area contributed by atoms with E-state index in [0.717, 1.165) is 6.07 Å². The van der Waals surface area contributed by atoms with Gasteiger partial charge in [-0.2, -0.15) is 5.10 Å². The van der Waals surface area contributed by atoms with Gasteiger partial charge in [-0.05, 0) is 12.1 Å². The summed E-state index contributed by atoms with van der Waals surface area (Å²) in [5.74, 6) is -0.476. The van der Waals surface area contributed by atoms with Gasteiger partial charge < -0.3 is 5.32 Å². The maximum atomic E-state index is 11.8. The number of amides is 1. The molecule has 1 amide bonds. The lowest BCUT2D eigenvalue weighted by Crippen LogP contribution is -2.11. The Kier molecular flexibility index (Phi) is 3.24. The molecular weight excluding hydrogens is 260 g/mol. The lowest BCUT2D eigenvalue weighted by molar-refractivity contribution is -0.384. The Hall–Kier alpha value is -2.41. The highest BCUT2D eigenvalue weighted by atomic mass is 35.5. The van der Waals surface area contributed by atoms with Gasteiger partial charge in [-0.15, -0.1) is 0 Å². The zero-order valence-corrected chi connectivity index (χ0v) is 9.64. The van der Waals surface area contributed by atoms with E-state index in [0.29, 0.717) is 5.69 Å². The minimum Gasteiger partial charge on any atom is -0.319 e. The Labute approximate surface area is 106 Å². The molecule has 0 saturated carbocycles. The minimum absolute atomic E-state index is 0.0140. The van der Waals surface area contributed by atoms with Crippen LogP contribution in [0.1, 0.15) is 10.4 Å². The molecule has 1 heterocycles. The van der Waals surface area contributed by atoms with Gasteiger partial charge in [0.25, 0.3) is 11.6 Å². The third-order valence-electron chi connectivity index (χ3n) is 2.16. The maximum absolute atomic E-state index is 11.8. The molecule has 0 aliphatic carbocycles. The number of hydrogen-bond acceptors (Lipinski definition) is 4. The van der Waals surface area contributed by atoms with Crippen LogP contribution in [0.3, 0.4) is 0 Å². The largest absolute Gasteiger partial charge is 0.319 e. The lowest BCUT2D eigenvalue weighted by atomic mass is 10.2. The summed E-state index contributed by atoms with van der Waals surface area (Å²) >= 11 is 5.65. The fraction of sp³-hybridized carbons (Fsp3) is 0. The summed E-state index contributed by atoms with van der Waals surface area (Å²) in [4.78, 5) is 21.8. The molecule has 7 nitrogen and oxygen atoms in total. The molecule has 0 radical (unpaired) electrons. The number of nitrogens with zero attached hydrogens (tertiary/aromatic N) is 2. The van der Waals surface area contributed by atoms with Crippen LogP contribution >= 0.6 is 11.6 Å². The summed E-state index contributed by atoms with van der Waals surface area (Å²) < 4.78 is 0. The average Bonchev–Trinajstić information content (AvgIpc) is 2.81. The lowest BCUT2D eigenvalue weighted by Gasteiger charge is -2.02. The first kappa shape index (κ1) is 12.1. The molecule has 8 heteroatoms. The number of H-pyrrole nitrogens is 1. The predicted molar refractivity (Wildman–Crippen MR) is 64.6 cm³/mol. The normalized spacial score (nSPS) is 10.1. The number of carbonyl (C=O) groups is 1. The number of rotatable bonds is 3. The van der Waals surface area contributed by atoms with Gasteiger partial charge in [0.2, 0.25) is 0 Å². The molecule has 1 aromatic carbocycles. The number of nitro benzene ring substituents is 1. The zero-order valence-electron chi connectivity index (χ0n) is 8.88. The van der Waals surface area contributed by atoms with Crippen molar-refractivity contribution in [2.75, 3.05) is 5.32 Å². The van der Waals surface area contributed by atoms with Gasteiger partial charge in [-0.3, -0.25) is 20.0 Å². The summed E-state index contributed by atoms with van der Waals surface area (Å²) in [5, 5.41) is 19.4. The fourth-order valence-corrected chi connectivity index (χ4v) is 1.50. The summed E-state index contributed by atoms with van der Waals surface area (Å²) in [5.41, 5.74) is 0.307. The predicted octanol–water partition coefficient (Wildman–Crippen LogP) is 2.22. The first-order valence-electron chi connectivity index (χ1n) is 4.82. The maximum Gasteiger partial charge on any atom is 0.288 e. The number of nitro groups is 1. The van der Waals surface area contributed by atoms with Crippen LogP contribution in [0.15, 0.2) is 30.6 Å². The van der Waals surface area contributed by atoms with Gasteiger partial charge in [0.1, 0.15) is 5.02 Å². The first-order chi connectivity index (χ1) is 8.58. The van der Waals surface area contributed by atoms with Crippen LogP contribution in [0.5, 0.6) is 0 Å². The van der Waals surface area contributed by atoms with Crippen LogP contribution in [-0.2, 0) is 0 Å². The van der Waals surface area contributed by atoms with Gasteiger partial charge >= 0.3 is 0 Å². The number of nitrogens with one attached hydrogen (secondary N) is 2. The van der Waals surface area contributed by atoms with Gasteiger partial charge in [0.05, 0.1) is 16.8 Å². The average molecular weight is 267 g/mol. The Balaban J connectivity index is 2.26. The molecule has 0 aliphatic rings. The highest BCUT2D eigenvalue weighted by Gasteiger charge is 2.16. The van der Waals surface area contributed by atoms with Crippen LogP contribution in [-0.4, -0.2) is 21.0 Å². The van der Waals surface area contributed by atoms with Crippen LogP contribution < -0.4 is 5.32 Å². The monoisotopic (exact) mass is 266 g/mol. The van der Waals surface area contributed by atoms with Crippen LogP contribution in [0, 0.1) is 10.1 Å². The number of carbonyl (C=O) groups excluding carboxylic acids is 1. The van der Waals surface area contributed by atoms with Gasteiger partial charge in [0, 0.05) is 17.8 Å². The van der Waals surface area contributed by atoms with Crippen LogP contribution in [0.4, 0.5) is 11.4 Å². The molecular formula is C10H7ClN4O3. The van der Waals surface area contributed by atoms with E-state index in [1.807, 2.05) is 0 Å². The quantitative estimate of drug-likeness (QED) is 0.657. The SMILES string of the molecule is O=C(Nc1cn[nH]c1)c1ccc(Cl)c([N+](=O)[O-])c1. The molecule has 1 aromatic heterocycles. The second-order valence-electron chi connectivity index (χ2n) is 3.36. The van der Waals surface area contributed by atoms with E-state index in [4.69, 9.17) is 11.6 Å². The van der Waals surface area contributed by atoms with Gasteiger partial charge in [-0.1, -0.05) is 11.6 Å². The van der Waals surface area contributed by atoms with Crippen LogP contribution in [0.2, 0.25) is 5.02 Å². The smallest absolute Gasteiger partial charge is 0.288 e. The van der Waals surface area contributed by atoms with Crippen molar-refractivity contribution in [1.82, 2.24) is 10.2 Å².